The van der Waals surface area contributed by atoms with Gasteiger partial charge in [0.25, 0.3) is 11.5 Å². The molecule has 9 heteroatoms. The first-order valence-corrected chi connectivity index (χ1v) is 10.7. The molecule has 0 spiro atoms. The Hall–Kier alpha value is -4.24. The Balaban J connectivity index is 1.36. The molecule has 0 saturated carbocycles. The number of carbonyl (C=O) groups excluding carboxylic acids is 1. The van der Waals surface area contributed by atoms with Crippen LogP contribution in [0.5, 0.6) is 0 Å². The number of amides is 1. The number of H-pyrrole nitrogens is 1. The maximum atomic E-state index is 13.5. The minimum absolute atomic E-state index is 0.136. The summed E-state index contributed by atoms with van der Waals surface area (Å²) in [6.45, 7) is 0. The van der Waals surface area contributed by atoms with Gasteiger partial charge in [-0.05, 0) is 30.3 Å². The molecule has 0 unspecified atom stereocenters. The number of thiazole rings is 1. The third-order valence-corrected chi connectivity index (χ3v) is 5.85. The first-order valence-electron chi connectivity index (χ1n) is 9.79. The molecule has 5 aromatic rings. The molecule has 6 nitrogen and oxygen atoms in total. The number of hydrogen-bond donors (Lipinski definition) is 2. The third kappa shape index (κ3) is 4.13. The fourth-order valence-electron chi connectivity index (χ4n) is 3.43. The van der Waals surface area contributed by atoms with Crippen LogP contribution in [0.15, 0.2) is 76.9 Å². The van der Waals surface area contributed by atoms with Crippen molar-refractivity contribution in [2.24, 2.45) is 0 Å². The van der Waals surface area contributed by atoms with E-state index in [9.17, 15) is 18.4 Å². The van der Waals surface area contributed by atoms with E-state index in [1.165, 1.54) is 5.38 Å². The lowest BCUT2D eigenvalue weighted by Gasteiger charge is -2.07. The highest BCUT2D eigenvalue weighted by atomic mass is 32.1. The predicted molar refractivity (Wildman–Crippen MR) is 123 cm³/mol. The predicted octanol–water partition coefficient (Wildman–Crippen LogP) is 5.24. The summed E-state index contributed by atoms with van der Waals surface area (Å²) in [4.78, 5) is 28.8. The van der Waals surface area contributed by atoms with Gasteiger partial charge in [0.1, 0.15) is 22.3 Å². The van der Waals surface area contributed by atoms with Crippen molar-refractivity contribution in [2.45, 2.75) is 0 Å². The van der Waals surface area contributed by atoms with Gasteiger partial charge in [-0.25, -0.2) is 18.9 Å². The van der Waals surface area contributed by atoms with Crippen LogP contribution in [-0.4, -0.2) is 21.1 Å². The monoisotopic (exact) mass is 460 g/mol. The third-order valence-electron chi connectivity index (χ3n) is 4.96. The van der Waals surface area contributed by atoms with E-state index in [0.717, 1.165) is 40.5 Å². The zero-order valence-corrected chi connectivity index (χ0v) is 17.6. The summed E-state index contributed by atoms with van der Waals surface area (Å²) < 4.78 is 26.9. The van der Waals surface area contributed by atoms with E-state index >= 15 is 0 Å². The molecule has 3 aromatic carbocycles. The van der Waals surface area contributed by atoms with Crippen LogP contribution in [0.4, 0.5) is 14.5 Å². The number of aromatic amines is 1. The smallest absolute Gasteiger partial charge is 0.275 e. The number of nitrogens with zero attached hydrogens (tertiary/aromatic N) is 2. The Labute approximate surface area is 189 Å². The van der Waals surface area contributed by atoms with Gasteiger partial charge in [0.2, 0.25) is 0 Å². The maximum Gasteiger partial charge on any atom is 0.275 e. The highest BCUT2D eigenvalue weighted by Gasteiger charge is 2.14. The van der Waals surface area contributed by atoms with Gasteiger partial charge in [-0.15, -0.1) is 11.3 Å². The molecule has 0 fully saturated rings. The second-order valence-corrected chi connectivity index (χ2v) is 8.03. The molecule has 0 bridgehead atoms. The standard InChI is InChI=1S/C24H14F2N4O2S/c25-15-9-14(10-16(26)11-15)24-28-20(12-33-24)23(32)27-17-7-5-13(6-8-17)21-18-3-1-2-4-19(18)22(31)30-29-21/h1-12H,(H,27,32)(H,30,31). The topological polar surface area (TPSA) is 87.7 Å². The first kappa shape index (κ1) is 20.7. The number of rotatable bonds is 4. The Morgan fingerprint density at radius 3 is 2.33 bits per heavy atom. The molecular formula is C24H14F2N4O2S. The molecule has 0 saturated heterocycles. The molecule has 0 aliphatic rings. The molecule has 0 radical (unpaired) electrons. The van der Waals surface area contributed by atoms with Crippen LogP contribution in [0.2, 0.25) is 0 Å². The van der Waals surface area contributed by atoms with Gasteiger partial charge in [-0.3, -0.25) is 9.59 Å². The fraction of sp³-hybridized carbons (Fsp3) is 0. The molecule has 2 aromatic heterocycles. The molecule has 1 amide bonds. The number of halogens is 2. The zero-order valence-electron chi connectivity index (χ0n) is 16.8. The van der Waals surface area contributed by atoms with E-state index in [-0.39, 0.29) is 16.8 Å². The van der Waals surface area contributed by atoms with Crippen LogP contribution in [0, 0.1) is 11.6 Å². The number of fused-ring (bicyclic) bond motifs is 1. The van der Waals surface area contributed by atoms with Gasteiger partial charge >= 0.3 is 0 Å². The molecule has 0 aliphatic heterocycles. The number of benzene rings is 3. The van der Waals surface area contributed by atoms with Gasteiger partial charge in [0.05, 0.1) is 11.1 Å². The average molecular weight is 460 g/mol. The zero-order chi connectivity index (χ0) is 22.9. The van der Waals surface area contributed by atoms with Crippen LogP contribution in [-0.2, 0) is 0 Å². The largest absolute Gasteiger partial charge is 0.321 e. The number of anilines is 1. The summed E-state index contributed by atoms with van der Waals surface area (Å²) in [7, 11) is 0. The van der Waals surface area contributed by atoms with Crippen LogP contribution >= 0.6 is 11.3 Å². The molecule has 2 heterocycles. The van der Waals surface area contributed by atoms with Crippen molar-refractivity contribution in [3.8, 4) is 21.8 Å². The lowest BCUT2D eigenvalue weighted by atomic mass is 10.0. The first-order chi connectivity index (χ1) is 16.0. The summed E-state index contributed by atoms with van der Waals surface area (Å²) in [6, 6.07) is 17.3. The summed E-state index contributed by atoms with van der Waals surface area (Å²) in [5.74, 6) is -1.87. The number of carbonyl (C=O) groups is 1. The second kappa shape index (κ2) is 8.36. The average Bonchev–Trinajstić information content (AvgIpc) is 3.30. The Kier molecular flexibility index (Phi) is 5.23. The summed E-state index contributed by atoms with van der Waals surface area (Å²) in [6.07, 6.45) is 0. The summed E-state index contributed by atoms with van der Waals surface area (Å²) >= 11 is 1.12. The van der Waals surface area contributed by atoms with Gasteiger partial charge in [0, 0.05) is 33.6 Å². The van der Waals surface area contributed by atoms with Gasteiger partial charge < -0.3 is 5.32 Å². The van der Waals surface area contributed by atoms with Crippen molar-refractivity contribution in [1.82, 2.24) is 15.2 Å². The van der Waals surface area contributed by atoms with E-state index in [2.05, 4.69) is 20.5 Å². The van der Waals surface area contributed by atoms with Gasteiger partial charge in [-0.2, -0.15) is 5.10 Å². The SMILES string of the molecule is O=C(Nc1ccc(-c2n[nH]c(=O)c3ccccc23)cc1)c1csc(-c2cc(F)cc(F)c2)n1. The highest BCUT2D eigenvalue weighted by molar-refractivity contribution is 7.13. The van der Waals surface area contributed by atoms with Crippen molar-refractivity contribution < 1.29 is 13.6 Å². The number of nitrogens with one attached hydrogen (secondary N) is 2. The van der Waals surface area contributed by atoms with Crippen molar-refractivity contribution in [3.05, 3.63) is 99.8 Å². The van der Waals surface area contributed by atoms with Gasteiger partial charge in [-0.1, -0.05) is 30.3 Å². The molecule has 2 N–H and O–H groups in total. The lowest BCUT2D eigenvalue weighted by molar-refractivity contribution is 0.102. The molecule has 0 atom stereocenters. The second-order valence-electron chi connectivity index (χ2n) is 7.17. The summed E-state index contributed by atoms with van der Waals surface area (Å²) in [5.41, 5.74) is 2.06. The number of hydrogen-bond acceptors (Lipinski definition) is 5. The van der Waals surface area contributed by atoms with Crippen molar-refractivity contribution >= 4 is 33.7 Å². The highest BCUT2D eigenvalue weighted by Crippen LogP contribution is 2.27. The maximum absolute atomic E-state index is 13.5. The Morgan fingerprint density at radius 2 is 1.61 bits per heavy atom. The number of aromatic nitrogens is 3. The molecule has 5 rings (SSSR count). The van der Waals surface area contributed by atoms with Crippen molar-refractivity contribution in [1.29, 1.82) is 0 Å². The van der Waals surface area contributed by atoms with E-state index < -0.39 is 17.5 Å². The van der Waals surface area contributed by atoms with Gasteiger partial charge in [0.15, 0.2) is 0 Å². The fourth-order valence-corrected chi connectivity index (χ4v) is 4.22. The molecular weight excluding hydrogens is 446 g/mol. The van der Waals surface area contributed by atoms with Crippen LogP contribution in [0.25, 0.3) is 32.6 Å². The van der Waals surface area contributed by atoms with E-state index in [1.807, 2.05) is 12.1 Å². The quantitative estimate of drug-likeness (QED) is 0.384. The molecule has 162 valence electrons. The van der Waals surface area contributed by atoms with Crippen molar-refractivity contribution in [3.63, 3.8) is 0 Å². The Morgan fingerprint density at radius 1 is 0.909 bits per heavy atom. The minimum Gasteiger partial charge on any atom is -0.321 e. The van der Waals surface area contributed by atoms with E-state index in [1.54, 1.807) is 36.4 Å². The van der Waals surface area contributed by atoms with Crippen LogP contribution < -0.4 is 10.9 Å². The Bertz CT molecular complexity index is 1540. The lowest BCUT2D eigenvalue weighted by Crippen LogP contribution is -2.12. The van der Waals surface area contributed by atoms with E-state index in [4.69, 9.17) is 0 Å². The normalized spacial score (nSPS) is 11.0. The van der Waals surface area contributed by atoms with Crippen molar-refractivity contribution in [2.75, 3.05) is 5.32 Å². The molecule has 33 heavy (non-hydrogen) atoms. The summed E-state index contributed by atoms with van der Waals surface area (Å²) in [5, 5.41) is 12.6. The van der Waals surface area contributed by atoms with Crippen LogP contribution in [0.1, 0.15) is 10.5 Å². The van der Waals surface area contributed by atoms with Crippen LogP contribution in [0.3, 0.4) is 0 Å². The molecule has 0 aliphatic carbocycles. The van der Waals surface area contributed by atoms with E-state index in [0.29, 0.717) is 21.8 Å². The minimum atomic E-state index is -0.712.